The van der Waals surface area contributed by atoms with E-state index >= 15 is 0 Å². The molecule has 5 heteroatoms. The lowest BCUT2D eigenvalue weighted by Crippen LogP contribution is -2.09. The molecule has 0 aliphatic carbocycles. The molecular weight excluding hydrogens is 201 g/mol. The maximum atomic E-state index is 13.3. The normalized spacial score (nSPS) is 9.80. The number of carbonyl (C=O) groups is 2. The van der Waals surface area contributed by atoms with E-state index in [-0.39, 0.29) is 22.7 Å². The number of halogens is 1. The molecule has 1 aromatic carbocycles. The quantitative estimate of drug-likeness (QED) is 0.783. The van der Waals surface area contributed by atoms with Gasteiger partial charge in [0.15, 0.2) is 0 Å². The Bertz CT molecular complexity index is 406. The Balaban J connectivity index is 3.19. The zero-order valence-electron chi connectivity index (χ0n) is 8.30. The Morgan fingerprint density at radius 2 is 2.00 bits per heavy atom. The van der Waals surface area contributed by atoms with Crippen LogP contribution >= 0.6 is 0 Å². The van der Waals surface area contributed by atoms with Crippen molar-refractivity contribution in [1.82, 2.24) is 0 Å². The van der Waals surface area contributed by atoms with Crippen molar-refractivity contribution in [2.75, 3.05) is 5.32 Å². The van der Waals surface area contributed by atoms with E-state index in [1.54, 1.807) is 0 Å². The number of hydrogen-bond donors (Lipinski definition) is 2. The molecule has 80 valence electrons. The van der Waals surface area contributed by atoms with Crippen molar-refractivity contribution in [2.24, 2.45) is 0 Å². The lowest BCUT2D eigenvalue weighted by atomic mass is 10.1. The van der Waals surface area contributed by atoms with E-state index in [4.69, 9.17) is 5.11 Å². The fourth-order valence-corrected chi connectivity index (χ4v) is 1.29. The molecule has 4 nitrogen and oxygen atoms in total. The molecule has 0 aliphatic heterocycles. The molecule has 0 radical (unpaired) electrons. The summed E-state index contributed by atoms with van der Waals surface area (Å²) in [5.41, 5.74) is 0.151. The number of aryl methyl sites for hydroxylation is 1. The summed E-state index contributed by atoms with van der Waals surface area (Å²) in [5, 5.41) is 11.1. The molecule has 1 amide bonds. The predicted octanol–water partition coefficient (Wildman–Crippen LogP) is 1.79. The highest BCUT2D eigenvalue weighted by molar-refractivity contribution is 5.92. The van der Waals surface area contributed by atoms with E-state index < -0.39 is 11.8 Å². The van der Waals surface area contributed by atoms with Crippen LogP contribution in [0.1, 0.15) is 22.8 Å². The molecular formula is C10H10FNO3. The van der Waals surface area contributed by atoms with Gasteiger partial charge in [0.25, 0.3) is 0 Å². The second kappa shape index (κ2) is 4.08. The summed E-state index contributed by atoms with van der Waals surface area (Å²) >= 11 is 0. The summed E-state index contributed by atoms with van der Waals surface area (Å²) in [5.74, 6) is -2.51. The Labute approximate surface area is 85.7 Å². The average Bonchev–Trinajstić information content (AvgIpc) is 1.99. The number of aromatic carboxylic acids is 1. The first-order valence-electron chi connectivity index (χ1n) is 4.23. The van der Waals surface area contributed by atoms with Gasteiger partial charge in [-0.3, -0.25) is 4.79 Å². The van der Waals surface area contributed by atoms with Crippen LogP contribution < -0.4 is 5.32 Å². The molecule has 0 fully saturated rings. The van der Waals surface area contributed by atoms with Crippen molar-refractivity contribution in [3.8, 4) is 0 Å². The fourth-order valence-electron chi connectivity index (χ4n) is 1.29. The van der Waals surface area contributed by atoms with E-state index in [0.29, 0.717) is 0 Å². The van der Waals surface area contributed by atoms with Crippen LogP contribution in [0.3, 0.4) is 0 Å². The van der Waals surface area contributed by atoms with Crippen LogP contribution in [0.2, 0.25) is 0 Å². The molecule has 0 heterocycles. The number of rotatable bonds is 2. The molecule has 0 aromatic heterocycles. The van der Waals surface area contributed by atoms with Crippen LogP contribution in [0.25, 0.3) is 0 Å². The van der Waals surface area contributed by atoms with E-state index in [1.807, 2.05) is 0 Å². The Morgan fingerprint density at radius 1 is 1.40 bits per heavy atom. The van der Waals surface area contributed by atoms with Gasteiger partial charge in [-0.1, -0.05) is 0 Å². The third-order valence-electron chi connectivity index (χ3n) is 1.82. The summed E-state index contributed by atoms with van der Waals surface area (Å²) in [6, 6.07) is 2.39. The fraction of sp³-hybridized carbons (Fsp3) is 0.200. The number of carboxylic acid groups (broad SMARTS) is 1. The Hall–Kier alpha value is -1.91. The first-order chi connectivity index (χ1) is 6.91. The van der Waals surface area contributed by atoms with Crippen molar-refractivity contribution in [2.45, 2.75) is 13.8 Å². The van der Waals surface area contributed by atoms with Crippen molar-refractivity contribution in [3.05, 3.63) is 29.1 Å². The van der Waals surface area contributed by atoms with Crippen molar-refractivity contribution in [1.29, 1.82) is 0 Å². The molecule has 1 rings (SSSR count). The lowest BCUT2D eigenvalue weighted by Gasteiger charge is -2.07. The van der Waals surface area contributed by atoms with Crippen LogP contribution in [-0.2, 0) is 4.79 Å². The molecule has 0 saturated heterocycles. The van der Waals surface area contributed by atoms with E-state index in [1.165, 1.54) is 19.9 Å². The van der Waals surface area contributed by atoms with Crippen LogP contribution in [-0.4, -0.2) is 17.0 Å². The third kappa shape index (κ3) is 2.52. The van der Waals surface area contributed by atoms with Crippen LogP contribution in [0.15, 0.2) is 12.1 Å². The molecule has 2 N–H and O–H groups in total. The molecule has 0 atom stereocenters. The first-order valence-corrected chi connectivity index (χ1v) is 4.23. The predicted molar refractivity (Wildman–Crippen MR) is 52.4 cm³/mol. The number of carbonyl (C=O) groups excluding carboxylic acids is 1. The third-order valence-corrected chi connectivity index (χ3v) is 1.82. The monoisotopic (exact) mass is 211 g/mol. The largest absolute Gasteiger partial charge is 0.478 e. The average molecular weight is 211 g/mol. The number of hydrogen-bond acceptors (Lipinski definition) is 2. The van der Waals surface area contributed by atoms with Crippen LogP contribution in [0.5, 0.6) is 0 Å². The van der Waals surface area contributed by atoms with E-state index in [2.05, 4.69) is 5.32 Å². The summed E-state index contributed by atoms with van der Waals surface area (Å²) in [4.78, 5) is 21.4. The van der Waals surface area contributed by atoms with Crippen LogP contribution in [0.4, 0.5) is 10.1 Å². The van der Waals surface area contributed by atoms with Gasteiger partial charge in [0.1, 0.15) is 5.82 Å². The number of nitrogens with one attached hydrogen (secondary N) is 1. The summed E-state index contributed by atoms with van der Waals surface area (Å²) in [7, 11) is 0. The molecule has 0 bridgehead atoms. The van der Waals surface area contributed by atoms with Gasteiger partial charge in [-0.25, -0.2) is 9.18 Å². The van der Waals surface area contributed by atoms with Gasteiger partial charge < -0.3 is 10.4 Å². The van der Waals surface area contributed by atoms with Gasteiger partial charge >= 0.3 is 5.97 Å². The zero-order chi connectivity index (χ0) is 11.6. The minimum absolute atomic E-state index is 0.252. The van der Waals surface area contributed by atoms with Gasteiger partial charge in [-0.15, -0.1) is 0 Å². The standard InChI is InChI=1S/C10H10FNO3/c1-5-3-7(12-6(2)13)4-8(11)9(5)10(14)15/h3-4H,1-2H3,(H,12,13)(H,14,15). The Kier molecular flexibility index (Phi) is 3.04. The summed E-state index contributed by atoms with van der Waals surface area (Å²) in [6.45, 7) is 2.76. The highest BCUT2D eigenvalue weighted by Gasteiger charge is 2.14. The van der Waals surface area contributed by atoms with E-state index in [0.717, 1.165) is 6.07 Å². The number of amides is 1. The second-order valence-corrected chi connectivity index (χ2v) is 3.14. The Morgan fingerprint density at radius 3 is 2.40 bits per heavy atom. The van der Waals surface area contributed by atoms with Crippen LogP contribution in [0, 0.1) is 12.7 Å². The topological polar surface area (TPSA) is 66.4 Å². The zero-order valence-corrected chi connectivity index (χ0v) is 8.30. The molecule has 0 unspecified atom stereocenters. The maximum Gasteiger partial charge on any atom is 0.338 e. The second-order valence-electron chi connectivity index (χ2n) is 3.14. The van der Waals surface area contributed by atoms with Crippen molar-refractivity contribution < 1.29 is 19.1 Å². The SMILES string of the molecule is CC(=O)Nc1cc(C)c(C(=O)O)c(F)c1. The maximum absolute atomic E-state index is 13.3. The van der Waals surface area contributed by atoms with Crippen molar-refractivity contribution >= 4 is 17.6 Å². The molecule has 0 spiro atoms. The summed E-state index contributed by atoms with van der Waals surface area (Å²) < 4.78 is 13.3. The van der Waals surface area contributed by atoms with Gasteiger partial charge in [0, 0.05) is 12.6 Å². The molecule has 0 saturated carbocycles. The van der Waals surface area contributed by atoms with Gasteiger partial charge in [-0.2, -0.15) is 0 Å². The number of benzene rings is 1. The highest BCUT2D eigenvalue weighted by Crippen LogP contribution is 2.19. The van der Waals surface area contributed by atoms with E-state index in [9.17, 15) is 14.0 Å². The summed E-state index contributed by atoms with van der Waals surface area (Å²) in [6.07, 6.45) is 0. The number of anilines is 1. The lowest BCUT2D eigenvalue weighted by molar-refractivity contribution is -0.114. The molecule has 15 heavy (non-hydrogen) atoms. The molecule has 0 aliphatic rings. The number of carboxylic acids is 1. The van der Waals surface area contributed by atoms with Gasteiger partial charge in [-0.05, 0) is 24.6 Å². The smallest absolute Gasteiger partial charge is 0.338 e. The van der Waals surface area contributed by atoms with Gasteiger partial charge in [0.05, 0.1) is 5.56 Å². The molecule has 1 aromatic rings. The highest BCUT2D eigenvalue weighted by atomic mass is 19.1. The minimum atomic E-state index is -1.32. The first kappa shape index (κ1) is 11.2. The van der Waals surface area contributed by atoms with Gasteiger partial charge in [0.2, 0.25) is 5.91 Å². The van der Waals surface area contributed by atoms with Crippen molar-refractivity contribution in [3.63, 3.8) is 0 Å². The minimum Gasteiger partial charge on any atom is -0.478 e.